The summed E-state index contributed by atoms with van der Waals surface area (Å²) >= 11 is 0. The molecule has 0 amide bonds. The molecule has 0 aliphatic rings. The third-order valence-electron chi connectivity index (χ3n) is 1.44. The van der Waals surface area contributed by atoms with Crippen LogP contribution in [0.3, 0.4) is 0 Å². The zero-order valence-corrected chi connectivity index (χ0v) is 7.52. The van der Waals surface area contributed by atoms with E-state index in [9.17, 15) is 0 Å². The van der Waals surface area contributed by atoms with Gasteiger partial charge in [0.25, 0.3) is 0 Å². The summed E-state index contributed by atoms with van der Waals surface area (Å²) in [5.74, 6) is 0.779. The fourth-order valence-corrected chi connectivity index (χ4v) is 0.622. The van der Waals surface area contributed by atoms with Crippen molar-refractivity contribution in [1.82, 2.24) is 0 Å². The lowest BCUT2D eigenvalue weighted by molar-refractivity contribution is 0.663. The van der Waals surface area contributed by atoms with Crippen molar-refractivity contribution in [3.05, 3.63) is 23.8 Å². The molecule has 0 atom stereocenters. The minimum absolute atomic E-state index is 0.779. The Balaban J connectivity index is 3.56. The van der Waals surface area contributed by atoms with Gasteiger partial charge in [0.1, 0.15) is 0 Å². The molecule has 0 spiro atoms. The van der Waals surface area contributed by atoms with Crippen LogP contribution in [0, 0.1) is 5.92 Å². The van der Waals surface area contributed by atoms with Gasteiger partial charge in [0, 0.05) is 0 Å². The monoisotopic (exact) mass is 138 g/mol. The third-order valence-corrected chi connectivity index (χ3v) is 1.44. The van der Waals surface area contributed by atoms with Crippen LogP contribution in [0.5, 0.6) is 0 Å². The number of allylic oxidation sites excluding steroid dienone is 4. The lowest BCUT2D eigenvalue weighted by Gasteiger charge is -1.96. The van der Waals surface area contributed by atoms with E-state index in [0.717, 1.165) is 5.92 Å². The van der Waals surface area contributed by atoms with Crippen LogP contribution in [-0.2, 0) is 0 Å². The molecule has 0 nitrogen and oxygen atoms in total. The van der Waals surface area contributed by atoms with E-state index < -0.39 is 0 Å². The second-order valence-electron chi connectivity index (χ2n) is 3.06. The van der Waals surface area contributed by atoms with E-state index in [4.69, 9.17) is 0 Å². The largest absolute Gasteiger partial charge is 0.0847 e. The first-order valence-electron chi connectivity index (χ1n) is 3.96. The van der Waals surface area contributed by atoms with Crippen molar-refractivity contribution in [1.29, 1.82) is 0 Å². The van der Waals surface area contributed by atoms with Gasteiger partial charge in [-0.25, -0.2) is 0 Å². The zero-order valence-electron chi connectivity index (χ0n) is 7.52. The van der Waals surface area contributed by atoms with Crippen molar-refractivity contribution in [2.75, 3.05) is 0 Å². The first-order chi connectivity index (χ1) is 4.66. The molecule has 0 heterocycles. The summed E-state index contributed by atoms with van der Waals surface area (Å²) in [6, 6.07) is 0. The first-order valence-corrected chi connectivity index (χ1v) is 3.96. The van der Waals surface area contributed by atoms with Crippen LogP contribution >= 0.6 is 0 Å². The van der Waals surface area contributed by atoms with Crippen molar-refractivity contribution >= 4 is 0 Å². The van der Waals surface area contributed by atoms with E-state index in [-0.39, 0.29) is 0 Å². The van der Waals surface area contributed by atoms with Crippen LogP contribution in [0.15, 0.2) is 23.8 Å². The Morgan fingerprint density at radius 2 is 2.00 bits per heavy atom. The maximum atomic E-state index is 2.24. The van der Waals surface area contributed by atoms with Crippen LogP contribution in [0.4, 0.5) is 0 Å². The molecule has 58 valence electrons. The van der Waals surface area contributed by atoms with Gasteiger partial charge in [-0.1, -0.05) is 37.6 Å². The maximum absolute atomic E-state index is 2.24. The Hall–Kier alpha value is -0.520. The van der Waals surface area contributed by atoms with Gasteiger partial charge in [0.2, 0.25) is 0 Å². The molecule has 0 aromatic heterocycles. The molecule has 0 heteroatoms. The molecule has 0 saturated carbocycles. The number of hydrogen-bond acceptors (Lipinski definition) is 0. The Labute approximate surface area is 64.6 Å². The van der Waals surface area contributed by atoms with Gasteiger partial charge in [0.15, 0.2) is 0 Å². The molecule has 0 fully saturated rings. The lowest BCUT2D eigenvalue weighted by atomic mass is 10.1. The highest BCUT2D eigenvalue weighted by atomic mass is 13.9. The van der Waals surface area contributed by atoms with Crippen molar-refractivity contribution in [3.63, 3.8) is 0 Å². The average molecular weight is 138 g/mol. The predicted octanol–water partition coefficient (Wildman–Crippen LogP) is 3.55. The summed E-state index contributed by atoms with van der Waals surface area (Å²) in [5.41, 5.74) is 1.35. The van der Waals surface area contributed by atoms with Crippen LogP contribution in [0.1, 0.15) is 34.1 Å². The molecule has 0 aliphatic heterocycles. The SMILES string of the molecule is C/C=C(C)\C=C/CC(C)C. The van der Waals surface area contributed by atoms with Crippen molar-refractivity contribution < 1.29 is 0 Å². The van der Waals surface area contributed by atoms with Crippen molar-refractivity contribution in [2.45, 2.75) is 34.1 Å². The molecule has 0 aromatic rings. The van der Waals surface area contributed by atoms with Gasteiger partial charge < -0.3 is 0 Å². The summed E-state index contributed by atoms with van der Waals surface area (Å²) in [6.45, 7) is 8.65. The van der Waals surface area contributed by atoms with Gasteiger partial charge >= 0.3 is 0 Å². The molecule has 10 heavy (non-hydrogen) atoms. The van der Waals surface area contributed by atoms with Gasteiger partial charge in [-0.05, 0) is 26.2 Å². The minimum Gasteiger partial charge on any atom is -0.0847 e. The maximum Gasteiger partial charge on any atom is -0.0324 e. The van der Waals surface area contributed by atoms with E-state index in [0.29, 0.717) is 0 Å². The topological polar surface area (TPSA) is 0 Å². The standard InChI is InChI=1S/C10H18/c1-5-10(4)8-6-7-9(2)3/h5-6,8-9H,7H2,1-4H3/b8-6-,10-5-. The van der Waals surface area contributed by atoms with E-state index >= 15 is 0 Å². The fourth-order valence-electron chi connectivity index (χ4n) is 0.622. The molecular formula is C10H18. The summed E-state index contributed by atoms with van der Waals surface area (Å²) in [5, 5.41) is 0. The highest BCUT2D eigenvalue weighted by molar-refractivity contribution is 5.14. The molecule has 0 aromatic carbocycles. The second kappa shape index (κ2) is 5.28. The van der Waals surface area contributed by atoms with E-state index in [1.807, 2.05) is 0 Å². The van der Waals surface area contributed by atoms with Gasteiger partial charge in [-0.2, -0.15) is 0 Å². The smallest absolute Gasteiger partial charge is 0.0324 e. The molecule has 0 radical (unpaired) electrons. The summed E-state index contributed by atoms with van der Waals surface area (Å²) < 4.78 is 0. The van der Waals surface area contributed by atoms with Crippen molar-refractivity contribution in [2.24, 2.45) is 5.92 Å². The van der Waals surface area contributed by atoms with E-state index in [1.54, 1.807) is 0 Å². The highest BCUT2D eigenvalue weighted by Crippen LogP contribution is 2.02. The Kier molecular flexibility index (Phi) is 5.00. The van der Waals surface area contributed by atoms with Crippen LogP contribution in [0.25, 0.3) is 0 Å². The number of rotatable bonds is 3. The average Bonchev–Trinajstić information content (AvgIpc) is 1.87. The van der Waals surface area contributed by atoms with Gasteiger partial charge in [0.05, 0.1) is 0 Å². The predicted molar refractivity (Wildman–Crippen MR) is 48.0 cm³/mol. The highest BCUT2D eigenvalue weighted by Gasteiger charge is 1.86. The van der Waals surface area contributed by atoms with Crippen LogP contribution in [-0.4, -0.2) is 0 Å². The molecule has 0 rings (SSSR count). The molecule has 0 aliphatic carbocycles. The third kappa shape index (κ3) is 5.61. The molecule has 0 N–H and O–H groups in total. The number of hydrogen-bond donors (Lipinski definition) is 0. The summed E-state index contributed by atoms with van der Waals surface area (Å²) in [7, 11) is 0. The quantitative estimate of drug-likeness (QED) is 0.523. The molecular weight excluding hydrogens is 120 g/mol. The Morgan fingerprint density at radius 3 is 2.40 bits per heavy atom. The zero-order chi connectivity index (χ0) is 7.98. The van der Waals surface area contributed by atoms with Gasteiger partial charge in [-0.3, -0.25) is 0 Å². The van der Waals surface area contributed by atoms with E-state index in [2.05, 4.69) is 45.9 Å². The molecule has 0 bridgehead atoms. The summed E-state index contributed by atoms with van der Waals surface area (Å²) in [4.78, 5) is 0. The first kappa shape index (κ1) is 9.48. The lowest BCUT2D eigenvalue weighted by Crippen LogP contribution is -1.81. The minimum atomic E-state index is 0.779. The van der Waals surface area contributed by atoms with Crippen LogP contribution in [0.2, 0.25) is 0 Å². The van der Waals surface area contributed by atoms with Gasteiger partial charge in [-0.15, -0.1) is 0 Å². The van der Waals surface area contributed by atoms with Crippen LogP contribution < -0.4 is 0 Å². The molecule has 0 unspecified atom stereocenters. The molecule has 0 saturated heterocycles. The second-order valence-corrected chi connectivity index (χ2v) is 3.06. The Morgan fingerprint density at radius 1 is 1.40 bits per heavy atom. The Bertz CT molecular complexity index is 127. The normalized spacial score (nSPS) is 13.5. The fraction of sp³-hybridized carbons (Fsp3) is 0.600. The summed E-state index contributed by atoms with van der Waals surface area (Å²) in [6.07, 6.45) is 7.72. The van der Waals surface area contributed by atoms with E-state index in [1.165, 1.54) is 12.0 Å². The van der Waals surface area contributed by atoms with Crippen molar-refractivity contribution in [3.8, 4) is 0 Å².